The number of pyridine rings is 1. The second kappa shape index (κ2) is 4.85. The number of nitrogens with zero attached hydrogens (tertiary/aromatic N) is 1. The van der Waals surface area contributed by atoms with Crippen LogP contribution in [0.5, 0.6) is 11.6 Å². The van der Waals surface area contributed by atoms with Gasteiger partial charge in [0.2, 0.25) is 5.88 Å². The summed E-state index contributed by atoms with van der Waals surface area (Å²) in [5, 5.41) is 11.8. The average molecular weight is 265 g/mol. The number of methoxy groups -OCH3 is 1. The minimum absolute atomic E-state index is 0.235. The molecule has 2 aromatic carbocycles. The standard InChI is InChI=1S/C17H15NO2/c1-11-6-8-12(9-7-11)14-10-18-17(20-2)13-4-3-5-15(19)16(13)14/h3-10,19H,1-2H3. The minimum atomic E-state index is 0.235. The van der Waals surface area contributed by atoms with Crippen LogP contribution < -0.4 is 4.74 Å². The SMILES string of the molecule is COc1ncc(-c2ccc(C)cc2)c2c(O)cccc12. The summed E-state index contributed by atoms with van der Waals surface area (Å²) in [5.74, 6) is 0.755. The molecule has 0 aliphatic carbocycles. The smallest absolute Gasteiger partial charge is 0.221 e. The zero-order valence-electron chi connectivity index (χ0n) is 11.4. The average Bonchev–Trinajstić information content (AvgIpc) is 2.47. The molecule has 1 aromatic heterocycles. The molecule has 0 radical (unpaired) electrons. The van der Waals surface area contributed by atoms with Gasteiger partial charge < -0.3 is 9.84 Å². The largest absolute Gasteiger partial charge is 0.507 e. The van der Waals surface area contributed by atoms with Gasteiger partial charge in [0.15, 0.2) is 0 Å². The number of benzene rings is 2. The van der Waals surface area contributed by atoms with Crippen LogP contribution in [0.3, 0.4) is 0 Å². The van der Waals surface area contributed by atoms with Gasteiger partial charge in [0.1, 0.15) is 5.75 Å². The molecule has 0 amide bonds. The molecule has 0 spiro atoms. The lowest BCUT2D eigenvalue weighted by Crippen LogP contribution is -1.92. The van der Waals surface area contributed by atoms with Crippen LogP contribution in [0.25, 0.3) is 21.9 Å². The van der Waals surface area contributed by atoms with E-state index >= 15 is 0 Å². The van der Waals surface area contributed by atoms with Crippen molar-refractivity contribution in [1.29, 1.82) is 0 Å². The van der Waals surface area contributed by atoms with Gasteiger partial charge in [-0.3, -0.25) is 0 Å². The Hall–Kier alpha value is -2.55. The van der Waals surface area contributed by atoms with Crippen LogP contribution in [-0.2, 0) is 0 Å². The van der Waals surface area contributed by atoms with E-state index in [0.29, 0.717) is 5.88 Å². The second-order valence-corrected chi connectivity index (χ2v) is 4.75. The van der Waals surface area contributed by atoms with Gasteiger partial charge in [-0.25, -0.2) is 4.98 Å². The minimum Gasteiger partial charge on any atom is -0.507 e. The zero-order chi connectivity index (χ0) is 14.1. The third-order valence-corrected chi connectivity index (χ3v) is 3.41. The number of aryl methyl sites for hydroxylation is 1. The summed E-state index contributed by atoms with van der Waals surface area (Å²) in [7, 11) is 1.58. The highest BCUT2D eigenvalue weighted by atomic mass is 16.5. The molecule has 3 nitrogen and oxygen atoms in total. The molecule has 1 N–H and O–H groups in total. The predicted molar refractivity (Wildman–Crippen MR) is 80.1 cm³/mol. The number of ether oxygens (including phenoxy) is 1. The fourth-order valence-electron chi connectivity index (χ4n) is 2.37. The molecule has 20 heavy (non-hydrogen) atoms. The molecule has 1 heterocycles. The van der Waals surface area contributed by atoms with Crippen molar-refractivity contribution in [3.05, 3.63) is 54.2 Å². The molecule has 3 rings (SSSR count). The van der Waals surface area contributed by atoms with E-state index in [1.165, 1.54) is 5.56 Å². The number of aromatic nitrogens is 1. The van der Waals surface area contributed by atoms with Crippen molar-refractivity contribution in [2.45, 2.75) is 6.92 Å². The Bertz CT molecular complexity index is 764. The van der Waals surface area contributed by atoms with E-state index in [4.69, 9.17) is 4.74 Å². The first-order chi connectivity index (χ1) is 9.70. The predicted octanol–water partition coefficient (Wildman–Crippen LogP) is 3.92. The van der Waals surface area contributed by atoms with E-state index in [1.807, 2.05) is 37.3 Å². The highest BCUT2D eigenvalue weighted by Gasteiger charge is 2.12. The number of hydrogen-bond donors (Lipinski definition) is 1. The quantitative estimate of drug-likeness (QED) is 0.763. The van der Waals surface area contributed by atoms with Crippen LogP contribution in [0.4, 0.5) is 0 Å². The Morgan fingerprint density at radius 3 is 2.50 bits per heavy atom. The summed E-state index contributed by atoms with van der Waals surface area (Å²) in [4.78, 5) is 4.33. The van der Waals surface area contributed by atoms with Gasteiger partial charge in [-0.1, -0.05) is 35.9 Å². The van der Waals surface area contributed by atoms with Crippen molar-refractivity contribution in [2.24, 2.45) is 0 Å². The van der Waals surface area contributed by atoms with Gasteiger partial charge in [-0.05, 0) is 24.6 Å². The van der Waals surface area contributed by atoms with Crippen LogP contribution >= 0.6 is 0 Å². The van der Waals surface area contributed by atoms with Crippen molar-refractivity contribution in [3.8, 4) is 22.8 Å². The molecule has 0 saturated carbocycles. The van der Waals surface area contributed by atoms with E-state index in [9.17, 15) is 5.11 Å². The number of phenols is 1. The number of fused-ring (bicyclic) bond motifs is 1. The highest BCUT2D eigenvalue weighted by molar-refractivity contribution is 6.02. The zero-order valence-corrected chi connectivity index (χ0v) is 11.4. The lowest BCUT2D eigenvalue weighted by atomic mass is 9.99. The Morgan fingerprint density at radius 1 is 1.05 bits per heavy atom. The number of rotatable bonds is 2. The molecular formula is C17H15NO2. The van der Waals surface area contributed by atoms with E-state index in [1.54, 1.807) is 25.4 Å². The van der Waals surface area contributed by atoms with Gasteiger partial charge in [0.05, 0.1) is 7.11 Å². The van der Waals surface area contributed by atoms with Gasteiger partial charge in [-0.15, -0.1) is 0 Å². The molecule has 0 bridgehead atoms. The second-order valence-electron chi connectivity index (χ2n) is 4.75. The monoisotopic (exact) mass is 265 g/mol. The first kappa shape index (κ1) is 12.5. The van der Waals surface area contributed by atoms with Gasteiger partial charge in [-0.2, -0.15) is 0 Å². The Labute approximate surface area is 117 Å². The Kier molecular flexibility index (Phi) is 3.03. The van der Waals surface area contributed by atoms with E-state index in [-0.39, 0.29) is 5.75 Å². The third kappa shape index (κ3) is 1.97. The van der Waals surface area contributed by atoms with Crippen LogP contribution in [-0.4, -0.2) is 17.2 Å². The number of aromatic hydroxyl groups is 1. The molecule has 0 saturated heterocycles. The van der Waals surface area contributed by atoms with Crippen LogP contribution in [0.1, 0.15) is 5.56 Å². The summed E-state index contributed by atoms with van der Waals surface area (Å²) < 4.78 is 5.27. The summed E-state index contributed by atoms with van der Waals surface area (Å²) in [6.45, 7) is 2.05. The van der Waals surface area contributed by atoms with Gasteiger partial charge >= 0.3 is 0 Å². The van der Waals surface area contributed by atoms with Crippen molar-refractivity contribution >= 4 is 10.8 Å². The maximum Gasteiger partial charge on any atom is 0.221 e. The fourth-order valence-corrected chi connectivity index (χ4v) is 2.37. The van der Waals surface area contributed by atoms with E-state index in [0.717, 1.165) is 21.9 Å². The third-order valence-electron chi connectivity index (χ3n) is 3.41. The van der Waals surface area contributed by atoms with Gasteiger partial charge in [0, 0.05) is 22.5 Å². The summed E-state index contributed by atoms with van der Waals surface area (Å²) in [5.41, 5.74) is 3.12. The highest BCUT2D eigenvalue weighted by Crippen LogP contribution is 2.37. The Morgan fingerprint density at radius 2 is 1.80 bits per heavy atom. The first-order valence-corrected chi connectivity index (χ1v) is 6.42. The molecular weight excluding hydrogens is 250 g/mol. The molecule has 3 heteroatoms. The van der Waals surface area contributed by atoms with Gasteiger partial charge in [0.25, 0.3) is 0 Å². The van der Waals surface area contributed by atoms with Crippen molar-refractivity contribution in [3.63, 3.8) is 0 Å². The molecule has 3 aromatic rings. The summed E-state index contributed by atoms with van der Waals surface area (Å²) in [6, 6.07) is 13.5. The molecule has 0 aliphatic heterocycles. The van der Waals surface area contributed by atoms with Crippen molar-refractivity contribution in [1.82, 2.24) is 4.98 Å². The molecule has 0 aliphatic rings. The molecule has 0 fully saturated rings. The maximum absolute atomic E-state index is 10.2. The lowest BCUT2D eigenvalue weighted by molar-refractivity contribution is 0.403. The maximum atomic E-state index is 10.2. The lowest BCUT2D eigenvalue weighted by Gasteiger charge is -2.11. The molecule has 0 unspecified atom stereocenters. The van der Waals surface area contributed by atoms with Crippen molar-refractivity contribution < 1.29 is 9.84 Å². The Balaban J connectivity index is 2.34. The molecule has 0 atom stereocenters. The van der Waals surface area contributed by atoms with Crippen LogP contribution in [0.2, 0.25) is 0 Å². The number of phenolic OH excluding ortho intramolecular Hbond substituents is 1. The normalized spacial score (nSPS) is 10.7. The van der Waals surface area contributed by atoms with E-state index in [2.05, 4.69) is 4.98 Å². The first-order valence-electron chi connectivity index (χ1n) is 6.42. The fraction of sp³-hybridized carbons (Fsp3) is 0.118. The summed E-state index contributed by atoms with van der Waals surface area (Å²) in [6.07, 6.45) is 1.74. The van der Waals surface area contributed by atoms with Crippen molar-refractivity contribution in [2.75, 3.05) is 7.11 Å². The number of hydrogen-bond acceptors (Lipinski definition) is 3. The van der Waals surface area contributed by atoms with E-state index < -0.39 is 0 Å². The molecule has 100 valence electrons. The van der Waals surface area contributed by atoms with Crippen LogP contribution in [0.15, 0.2) is 48.7 Å². The summed E-state index contributed by atoms with van der Waals surface area (Å²) >= 11 is 0. The van der Waals surface area contributed by atoms with Crippen LogP contribution in [0, 0.1) is 6.92 Å². The topological polar surface area (TPSA) is 42.4 Å².